The number of benzene rings is 8. The lowest BCUT2D eigenvalue weighted by Gasteiger charge is -2.35. The molecule has 264 valence electrons. The third-order valence-corrected chi connectivity index (χ3v) is 12.7. The van der Waals surface area contributed by atoms with Gasteiger partial charge in [-0.25, -0.2) is 0 Å². The molecule has 8 aromatic carbocycles. The zero-order valence-electron chi connectivity index (χ0n) is 31.2. The molecule has 55 heavy (non-hydrogen) atoms. The van der Waals surface area contributed by atoms with Crippen LogP contribution in [0.15, 0.2) is 188 Å². The monoisotopic (exact) mass is 724 g/mol. The van der Waals surface area contributed by atoms with Gasteiger partial charge < -0.3 is 9.80 Å². The molecule has 1 aromatic heterocycles. The van der Waals surface area contributed by atoms with Crippen LogP contribution in [0, 0.1) is 0 Å². The van der Waals surface area contributed by atoms with E-state index in [-0.39, 0.29) is 5.41 Å². The summed E-state index contributed by atoms with van der Waals surface area (Å²) < 4.78 is 2.64. The highest BCUT2D eigenvalue weighted by Gasteiger charge is 2.39. The van der Waals surface area contributed by atoms with E-state index in [2.05, 4.69) is 219 Å². The molecule has 3 heteroatoms. The summed E-state index contributed by atoms with van der Waals surface area (Å²) in [4.78, 5) is 4.85. The molecule has 0 fully saturated rings. The number of rotatable bonds is 7. The average Bonchev–Trinajstić information content (AvgIpc) is 3.74. The summed E-state index contributed by atoms with van der Waals surface area (Å²) >= 11 is 1.88. The second kappa shape index (κ2) is 13.2. The summed E-state index contributed by atoms with van der Waals surface area (Å²) in [7, 11) is 2.18. The average molecular weight is 725 g/mol. The number of hydrogen-bond donors (Lipinski definition) is 0. The smallest absolute Gasteiger partial charge is 0.0561 e. The number of para-hydroxylation sites is 1. The first-order valence-corrected chi connectivity index (χ1v) is 19.8. The van der Waals surface area contributed by atoms with Crippen molar-refractivity contribution in [3.63, 3.8) is 0 Å². The van der Waals surface area contributed by atoms with Gasteiger partial charge in [0.2, 0.25) is 0 Å². The van der Waals surface area contributed by atoms with Crippen molar-refractivity contribution < 1.29 is 0 Å². The van der Waals surface area contributed by atoms with Crippen LogP contribution in [0.1, 0.15) is 25.0 Å². The molecule has 0 amide bonds. The first-order chi connectivity index (χ1) is 27.0. The molecule has 0 saturated carbocycles. The van der Waals surface area contributed by atoms with Crippen LogP contribution in [0.4, 0.5) is 28.4 Å². The third kappa shape index (κ3) is 5.38. The van der Waals surface area contributed by atoms with E-state index in [1.54, 1.807) is 0 Å². The summed E-state index contributed by atoms with van der Waals surface area (Å²) in [6.45, 7) is 4.77. The summed E-state index contributed by atoms with van der Waals surface area (Å²) in [6.07, 6.45) is 0. The van der Waals surface area contributed by atoms with Gasteiger partial charge in [-0.15, -0.1) is 11.3 Å². The molecule has 1 heterocycles. The maximum absolute atomic E-state index is 2.53. The summed E-state index contributed by atoms with van der Waals surface area (Å²) in [5, 5.41) is 2.62. The van der Waals surface area contributed by atoms with Crippen molar-refractivity contribution in [3.8, 4) is 33.4 Å². The molecule has 0 unspecified atom stereocenters. The van der Waals surface area contributed by atoms with Crippen LogP contribution < -0.4 is 9.80 Å². The van der Waals surface area contributed by atoms with Gasteiger partial charge in [0.25, 0.3) is 0 Å². The quantitative estimate of drug-likeness (QED) is 0.161. The van der Waals surface area contributed by atoms with Gasteiger partial charge >= 0.3 is 0 Å². The zero-order chi connectivity index (χ0) is 37.1. The number of thiophene rings is 1. The van der Waals surface area contributed by atoms with Gasteiger partial charge in [-0.2, -0.15) is 0 Å². The second-order valence-electron chi connectivity index (χ2n) is 15.0. The summed E-state index contributed by atoms with van der Waals surface area (Å²) in [5.41, 5.74) is 15.6. The van der Waals surface area contributed by atoms with Gasteiger partial charge in [0.15, 0.2) is 0 Å². The number of fused-ring (bicyclic) bond motifs is 6. The molecule has 0 spiro atoms. The lowest BCUT2D eigenvalue weighted by atomic mass is 9.81. The van der Waals surface area contributed by atoms with Crippen molar-refractivity contribution in [1.29, 1.82) is 0 Å². The highest BCUT2D eigenvalue weighted by molar-refractivity contribution is 7.26. The van der Waals surface area contributed by atoms with Crippen LogP contribution in [-0.4, -0.2) is 7.05 Å². The Kier molecular flexibility index (Phi) is 7.94. The van der Waals surface area contributed by atoms with Crippen LogP contribution >= 0.6 is 11.3 Å². The molecular weight excluding hydrogens is 685 g/mol. The van der Waals surface area contributed by atoms with Crippen LogP contribution in [0.2, 0.25) is 0 Å². The standard InChI is InChI=1S/C52H40N2S/c1-52(2)44-29-12-10-24-40(44)42-27-16-32-47(50(42)52)54(38-23-14-20-36(34-38)39-26-15-28-43-41-25-11-13-33-48(41)55-51(39)43)46-31-17-30-45(49(46)35-18-6-4-7-19-35)53(3)37-21-8-5-9-22-37/h4-34H,1-3H3. The van der Waals surface area contributed by atoms with Crippen molar-refractivity contribution in [2.75, 3.05) is 16.8 Å². The van der Waals surface area contributed by atoms with Crippen molar-refractivity contribution in [1.82, 2.24) is 0 Å². The van der Waals surface area contributed by atoms with Crippen LogP contribution in [0.3, 0.4) is 0 Å². The Balaban J connectivity index is 1.26. The molecule has 0 radical (unpaired) electrons. The predicted octanol–water partition coefficient (Wildman–Crippen LogP) is 14.9. The van der Waals surface area contributed by atoms with Crippen molar-refractivity contribution >= 4 is 59.9 Å². The molecular formula is C52H40N2S. The first kappa shape index (κ1) is 33.2. The molecule has 0 saturated heterocycles. The fourth-order valence-electron chi connectivity index (χ4n) is 8.89. The molecule has 0 aliphatic heterocycles. The van der Waals surface area contributed by atoms with Gasteiger partial charge in [0.1, 0.15) is 0 Å². The normalized spacial score (nSPS) is 12.8. The zero-order valence-corrected chi connectivity index (χ0v) is 32.0. The van der Waals surface area contributed by atoms with E-state index in [9.17, 15) is 0 Å². The highest BCUT2D eigenvalue weighted by atomic mass is 32.1. The van der Waals surface area contributed by atoms with Gasteiger partial charge in [0, 0.05) is 49.6 Å². The third-order valence-electron chi connectivity index (χ3n) is 11.4. The molecule has 9 aromatic rings. The molecule has 0 atom stereocenters. The molecule has 2 nitrogen and oxygen atoms in total. The molecule has 1 aliphatic rings. The Bertz CT molecular complexity index is 2870. The van der Waals surface area contributed by atoms with Crippen molar-refractivity contribution in [2.45, 2.75) is 19.3 Å². The second-order valence-corrected chi connectivity index (χ2v) is 16.0. The lowest BCUT2D eigenvalue weighted by molar-refractivity contribution is 0.661. The Morgan fingerprint density at radius 3 is 1.89 bits per heavy atom. The number of anilines is 5. The SMILES string of the molecule is CN(c1ccccc1)c1cccc(N(c2cccc(-c3cccc4c3sc3ccccc34)c2)c2cccc3c2C(C)(C)c2ccccc2-3)c1-c1ccccc1. The van der Waals surface area contributed by atoms with E-state index in [0.29, 0.717) is 0 Å². The Morgan fingerprint density at radius 1 is 0.455 bits per heavy atom. The van der Waals surface area contributed by atoms with E-state index >= 15 is 0 Å². The fourth-order valence-corrected chi connectivity index (χ4v) is 10.1. The summed E-state index contributed by atoms with van der Waals surface area (Å²) in [5.74, 6) is 0. The molecule has 0 bridgehead atoms. The topological polar surface area (TPSA) is 6.48 Å². The minimum atomic E-state index is -0.216. The minimum Gasteiger partial charge on any atom is -0.344 e. The highest BCUT2D eigenvalue weighted by Crippen LogP contribution is 2.56. The van der Waals surface area contributed by atoms with Crippen molar-refractivity contribution in [3.05, 3.63) is 199 Å². The number of nitrogens with zero attached hydrogens (tertiary/aromatic N) is 2. The molecule has 1 aliphatic carbocycles. The molecule has 0 N–H and O–H groups in total. The van der Waals surface area contributed by atoms with Crippen LogP contribution in [-0.2, 0) is 5.41 Å². The maximum atomic E-state index is 2.53. The van der Waals surface area contributed by atoms with Gasteiger partial charge in [0.05, 0.1) is 17.1 Å². The predicted molar refractivity (Wildman–Crippen MR) is 237 cm³/mol. The fraction of sp³-hybridized carbons (Fsp3) is 0.0769. The number of hydrogen-bond acceptors (Lipinski definition) is 3. The minimum absolute atomic E-state index is 0.216. The molecule has 10 rings (SSSR count). The maximum Gasteiger partial charge on any atom is 0.0561 e. The van der Waals surface area contributed by atoms with Crippen LogP contribution in [0.25, 0.3) is 53.6 Å². The van der Waals surface area contributed by atoms with E-state index in [4.69, 9.17) is 0 Å². The first-order valence-electron chi connectivity index (χ1n) is 19.0. The van der Waals surface area contributed by atoms with E-state index in [1.165, 1.54) is 70.4 Å². The van der Waals surface area contributed by atoms with Gasteiger partial charge in [-0.3, -0.25) is 0 Å². The Hall–Kier alpha value is -6.42. The Morgan fingerprint density at radius 2 is 1.04 bits per heavy atom. The lowest BCUT2D eigenvalue weighted by Crippen LogP contribution is -2.21. The van der Waals surface area contributed by atoms with E-state index < -0.39 is 0 Å². The summed E-state index contributed by atoms with van der Waals surface area (Å²) in [6, 6.07) is 68.9. The largest absolute Gasteiger partial charge is 0.344 e. The van der Waals surface area contributed by atoms with Gasteiger partial charge in [-0.1, -0.05) is 153 Å². The Labute approximate surface area is 327 Å². The van der Waals surface area contributed by atoms with Crippen LogP contribution in [0.5, 0.6) is 0 Å². The van der Waals surface area contributed by atoms with E-state index in [1.807, 2.05) is 11.3 Å². The van der Waals surface area contributed by atoms with E-state index in [0.717, 1.165) is 22.7 Å². The van der Waals surface area contributed by atoms with Crippen molar-refractivity contribution in [2.24, 2.45) is 0 Å². The van der Waals surface area contributed by atoms with Gasteiger partial charge in [-0.05, 0) is 87.5 Å².